The molecule has 0 aliphatic carbocycles. The second kappa shape index (κ2) is 6.24. The van der Waals surface area contributed by atoms with Gasteiger partial charge < -0.3 is 14.8 Å². The number of hydrogen-bond acceptors (Lipinski definition) is 3. The molecule has 0 aromatic rings. The van der Waals surface area contributed by atoms with E-state index in [1.807, 2.05) is 20.8 Å². The van der Waals surface area contributed by atoms with Gasteiger partial charge in [0.25, 0.3) is 0 Å². The lowest BCUT2D eigenvalue weighted by atomic mass is 10.2. The standard InChI is InChI=1S/C9H18BrNO3/c1-9(2,3)14-8(12)11-5-7(10)6-13-4/h7H,5-6H2,1-4H3,(H,11,12). The van der Waals surface area contributed by atoms with Crippen molar-refractivity contribution in [1.29, 1.82) is 0 Å². The number of amides is 1. The maximum absolute atomic E-state index is 11.2. The summed E-state index contributed by atoms with van der Waals surface area (Å²) in [5.74, 6) is 0. The van der Waals surface area contributed by atoms with Gasteiger partial charge in [-0.15, -0.1) is 0 Å². The minimum Gasteiger partial charge on any atom is -0.444 e. The Morgan fingerprint density at radius 1 is 1.50 bits per heavy atom. The fourth-order valence-corrected chi connectivity index (χ4v) is 1.17. The fraction of sp³-hybridized carbons (Fsp3) is 0.889. The maximum atomic E-state index is 11.2. The number of ether oxygens (including phenoxy) is 2. The van der Waals surface area contributed by atoms with Crippen LogP contribution in [-0.4, -0.2) is 36.8 Å². The predicted octanol–water partition coefficient (Wildman–Crippen LogP) is 1.92. The van der Waals surface area contributed by atoms with Crippen molar-refractivity contribution < 1.29 is 14.3 Å². The van der Waals surface area contributed by atoms with Crippen LogP contribution in [0.25, 0.3) is 0 Å². The molecule has 0 heterocycles. The zero-order valence-electron chi connectivity index (χ0n) is 9.09. The summed E-state index contributed by atoms with van der Waals surface area (Å²) in [5, 5.41) is 2.64. The number of carbonyl (C=O) groups excluding carboxylic acids is 1. The number of rotatable bonds is 4. The highest BCUT2D eigenvalue weighted by Gasteiger charge is 2.16. The van der Waals surface area contributed by atoms with Gasteiger partial charge in [0.05, 0.1) is 11.4 Å². The Morgan fingerprint density at radius 2 is 2.07 bits per heavy atom. The van der Waals surface area contributed by atoms with Crippen LogP contribution in [0.15, 0.2) is 0 Å². The minimum atomic E-state index is -0.451. The molecular weight excluding hydrogens is 250 g/mol. The van der Waals surface area contributed by atoms with Crippen molar-refractivity contribution in [3.05, 3.63) is 0 Å². The molecule has 14 heavy (non-hydrogen) atoms. The Bertz CT molecular complexity index is 179. The summed E-state index contributed by atoms with van der Waals surface area (Å²) in [4.78, 5) is 11.3. The first kappa shape index (κ1) is 13.7. The summed E-state index contributed by atoms with van der Waals surface area (Å²) in [5.41, 5.74) is -0.451. The SMILES string of the molecule is COCC(Br)CNC(=O)OC(C)(C)C. The monoisotopic (exact) mass is 267 g/mol. The number of alkyl carbamates (subject to hydrolysis) is 1. The lowest BCUT2D eigenvalue weighted by Gasteiger charge is -2.20. The molecule has 84 valence electrons. The van der Waals surface area contributed by atoms with Crippen LogP contribution in [0.4, 0.5) is 4.79 Å². The lowest BCUT2D eigenvalue weighted by molar-refractivity contribution is 0.0524. The number of halogens is 1. The third-order valence-electron chi connectivity index (χ3n) is 1.21. The molecule has 4 nitrogen and oxygen atoms in total. The van der Waals surface area contributed by atoms with E-state index in [0.717, 1.165) is 0 Å². The van der Waals surface area contributed by atoms with E-state index in [4.69, 9.17) is 9.47 Å². The van der Waals surface area contributed by atoms with Crippen LogP contribution in [-0.2, 0) is 9.47 Å². The van der Waals surface area contributed by atoms with E-state index in [1.54, 1.807) is 7.11 Å². The van der Waals surface area contributed by atoms with E-state index < -0.39 is 11.7 Å². The van der Waals surface area contributed by atoms with E-state index in [9.17, 15) is 4.79 Å². The Labute approximate surface area is 93.5 Å². The van der Waals surface area contributed by atoms with E-state index in [0.29, 0.717) is 13.2 Å². The molecule has 0 spiro atoms. The highest BCUT2D eigenvalue weighted by molar-refractivity contribution is 9.09. The maximum Gasteiger partial charge on any atom is 0.407 e. The molecule has 1 atom stereocenters. The number of methoxy groups -OCH3 is 1. The summed E-state index contributed by atoms with van der Waals surface area (Å²) >= 11 is 3.35. The first-order valence-corrected chi connectivity index (χ1v) is 5.36. The molecule has 1 unspecified atom stereocenters. The van der Waals surface area contributed by atoms with Gasteiger partial charge in [-0.25, -0.2) is 4.79 Å². The fourth-order valence-electron chi connectivity index (χ4n) is 0.748. The molecule has 0 aliphatic rings. The van der Waals surface area contributed by atoms with Crippen molar-refractivity contribution in [3.8, 4) is 0 Å². The molecular formula is C9H18BrNO3. The highest BCUT2D eigenvalue weighted by Crippen LogP contribution is 2.06. The number of carbonyl (C=O) groups is 1. The molecule has 0 bridgehead atoms. The zero-order valence-corrected chi connectivity index (χ0v) is 10.7. The van der Waals surface area contributed by atoms with Crippen molar-refractivity contribution in [2.24, 2.45) is 0 Å². The van der Waals surface area contributed by atoms with Gasteiger partial charge in [-0.1, -0.05) is 15.9 Å². The van der Waals surface area contributed by atoms with Crippen molar-refractivity contribution >= 4 is 22.0 Å². The van der Waals surface area contributed by atoms with E-state index in [2.05, 4.69) is 21.2 Å². The minimum absolute atomic E-state index is 0.111. The first-order valence-electron chi connectivity index (χ1n) is 4.45. The topological polar surface area (TPSA) is 47.6 Å². The number of alkyl halides is 1. The van der Waals surface area contributed by atoms with Crippen molar-refractivity contribution in [2.45, 2.75) is 31.2 Å². The second-order valence-electron chi connectivity index (χ2n) is 3.94. The van der Waals surface area contributed by atoms with Gasteiger partial charge in [0.2, 0.25) is 0 Å². The van der Waals surface area contributed by atoms with Crippen molar-refractivity contribution in [1.82, 2.24) is 5.32 Å². The van der Waals surface area contributed by atoms with Gasteiger partial charge in [0.1, 0.15) is 5.60 Å². The smallest absolute Gasteiger partial charge is 0.407 e. The van der Waals surface area contributed by atoms with Crippen LogP contribution in [0, 0.1) is 0 Å². The quantitative estimate of drug-likeness (QED) is 0.792. The Morgan fingerprint density at radius 3 is 2.50 bits per heavy atom. The second-order valence-corrected chi connectivity index (χ2v) is 5.23. The number of nitrogens with one attached hydrogen (secondary N) is 1. The third kappa shape index (κ3) is 8.31. The molecule has 0 rings (SSSR count). The zero-order chi connectivity index (χ0) is 11.2. The van der Waals surface area contributed by atoms with Gasteiger partial charge in [-0.2, -0.15) is 0 Å². The van der Waals surface area contributed by atoms with Crippen LogP contribution in [0.2, 0.25) is 0 Å². The van der Waals surface area contributed by atoms with Gasteiger partial charge in [-0.3, -0.25) is 0 Å². The summed E-state index contributed by atoms with van der Waals surface area (Å²) in [6.45, 7) is 6.52. The third-order valence-corrected chi connectivity index (χ3v) is 1.80. The molecule has 1 amide bonds. The Hall–Kier alpha value is -0.290. The summed E-state index contributed by atoms with van der Waals surface area (Å²) in [6, 6.07) is 0. The average molecular weight is 268 g/mol. The normalized spacial score (nSPS) is 13.5. The molecule has 0 fully saturated rings. The van der Waals surface area contributed by atoms with E-state index in [-0.39, 0.29) is 4.83 Å². The molecule has 0 saturated heterocycles. The lowest BCUT2D eigenvalue weighted by Crippen LogP contribution is -2.36. The molecule has 0 saturated carbocycles. The molecule has 0 aromatic heterocycles. The van der Waals surface area contributed by atoms with E-state index in [1.165, 1.54) is 0 Å². The average Bonchev–Trinajstić information content (AvgIpc) is 1.98. The molecule has 0 radical (unpaired) electrons. The molecule has 0 aromatic carbocycles. The Kier molecular flexibility index (Phi) is 6.11. The van der Waals surface area contributed by atoms with Gasteiger partial charge in [0, 0.05) is 13.7 Å². The van der Waals surface area contributed by atoms with Crippen molar-refractivity contribution in [2.75, 3.05) is 20.3 Å². The first-order chi connectivity index (χ1) is 6.35. The predicted molar refractivity (Wildman–Crippen MR) is 58.8 cm³/mol. The van der Waals surface area contributed by atoms with Crippen LogP contribution in [0.1, 0.15) is 20.8 Å². The van der Waals surface area contributed by atoms with E-state index >= 15 is 0 Å². The summed E-state index contributed by atoms with van der Waals surface area (Å²) < 4.78 is 9.95. The van der Waals surface area contributed by atoms with Crippen LogP contribution in [0.5, 0.6) is 0 Å². The molecule has 5 heteroatoms. The molecule has 1 N–H and O–H groups in total. The largest absolute Gasteiger partial charge is 0.444 e. The van der Waals surface area contributed by atoms with Crippen LogP contribution >= 0.6 is 15.9 Å². The van der Waals surface area contributed by atoms with Crippen molar-refractivity contribution in [3.63, 3.8) is 0 Å². The van der Waals surface area contributed by atoms with Gasteiger partial charge in [-0.05, 0) is 20.8 Å². The van der Waals surface area contributed by atoms with Gasteiger partial charge in [0.15, 0.2) is 0 Å². The Balaban J connectivity index is 3.64. The summed E-state index contributed by atoms with van der Waals surface area (Å²) in [7, 11) is 1.61. The van der Waals surface area contributed by atoms with Crippen LogP contribution in [0.3, 0.4) is 0 Å². The van der Waals surface area contributed by atoms with Crippen LogP contribution < -0.4 is 5.32 Å². The van der Waals surface area contributed by atoms with Gasteiger partial charge >= 0.3 is 6.09 Å². The highest BCUT2D eigenvalue weighted by atomic mass is 79.9. The number of hydrogen-bond donors (Lipinski definition) is 1. The molecule has 0 aliphatic heterocycles. The summed E-state index contributed by atoms with van der Waals surface area (Å²) in [6.07, 6.45) is -0.405.